The zero-order chi connectivity index (χ0) is 22.6. The van der Waals surface area contributed by atoms with E-state index in [1.165, 1.54) is 4.52 Å². The van der Waals surface area contributed by atoms with Crippen LogP contribution in [0.4, 0.5) is 0 Å². The molecule has 0 spiro atoms. The standard InChI is InChI=1S/C23H26N6O3/c1-23(2,3)17-10-19-28(13-18(30)25-11-14-6-4-5-9-24-14)20-16(21(31)29(19)26-17)12-27(22(20)32)15-7-8-15/h4-6,9-10,15H,7-8,11-13H2,1-3H3,(H,25,30). The van der Waals surface area contributed by atoms with E-state index >= 15 is 0 Å². The van der Waals surface area contributed by atoms with E-state index in [0.717, 1.165) is 24.2 Å². The molecule has 1 aliphatic heterocycles. The van der Waals surface area contributed by atoms with Crippen molar-refractivity contribution < 1.29 is 9.59 Å². The maximum absolute atomic E-state index is 13.3. The minimum atomic E-state index is -0.286. The van der Waals surface area contributed by atoms with Gasteiger partial charge in [0.15, 0.2) is 0 Å². The summed E-state index contributed by atoms with van der Waals surface area (Å²) < 4.78 is 2.99. The summed E-state index contributed by atoms with van der Waals surface area (Å²) >= 11 is 0. The molecule has 0 bridgehead atoms. The highest BCUT2D eigenvalue weighted by Gasteiger charge is 2.42. The highest BCUT2D eigenvalue weighted by Crippen LogP contribution is 2.34. The largest absolute Gasteiger partial charge is 0.349 e. The number of hydrogen-bond acceptors (Lipinski definition) is 5. The molecule has 1 saturated carbocycles. The first-order valence-corrected chi connectivity index (χ1v) is 10.9. The Balaban J connectivity index is 1.56. The average molecular weight is 435 g/mol. The van der Waals surface area contributed by atoms with Crippen molar-refractivity contribution in [3.8, 4) is 0 Å². The zero-order valence-electron chi connectivity index (χ0n) is 18.5. The first-order valence-electron chi connectivity index (χ1n) is 10.9. The van der Waals surface area contributed by atoms with Crippen LogP contribution in [0.15, 0.2) is 35.3 Å². The Bertz CT molecular complexity index is 1280. The Labute approximate surface area is 185 Å². The van der Waals surface area contributed by atoms with Crippen LogP contribution in [-0.2, 0) is 29.8 Å². The molecule has 3 aromatic heterocycles. The van der Waals surface area contributed by atoms with Crippen molar-refractivity contribution in [3.05, 3.63) is 63.5 Å². The fourth-order valence-corrected chi connectivity index (χ4v) is 4.08. The second-order valence-electron chi connectivity index (χ2n) is 9.53. The van der Waals surface area contributed by atoms with Gasteiger partial charge in [0.05, 0.1) is 30.0 Å². The molecule has 0 atom stereocenters. The molecule has 0 unspecified atom stereocenters. The minimum Gasteiger partial charge on any atom is -0.349 e. The molecule has 1 fully saturated rings. The van der Waals surface area contributed by atoms with E-state index in [2.05, 4.69) is 15.4 Å². The lowest BCUT2D eigenvalue weighted by molar-refractivity contribution is -0.121. The number of aromatic nitrogens is 4. The van der Waals surface area contributed by atoms with E-state index in [4.69, 9.17) is 0 Å². The van der Waals surface area contributed by atoms with Crippen molar-refractivity contribution in [2.24, 2.45) is 0 Å². The van der Waals surface area contributed by atoms with Crippen LogP contribution in [0.2, 0.25) is 0 Å². The lowest BCUT2D eigenvalue weighted by Crippen LogP contribution is -2.33. The van der Waals surface area contributed by atoms with Crippen molar-refractivity contribution in [3.63, 3.8) is 0 Å². The van der Waals surface area contributed by atoms with E-state index < -0.39 is 0 Å². The second-order valence-corrected chi connectivity index (χ2v) is 9.53. The highest BCUT2D eigenvalue weighted by atomic mass is 16.2. The van der Waals surface area contributed by atoms with Gasteiger partial charge in [-0.05, 0) is 25.0 Å². The molecule has 1 N–H and O–H groups in total. The number of carbonyl (C=O) groups excluding carboxylic acids is 2. The van der Waals surface area contributed by atoms with E-state index in [9.17, 15) is 14.4 Å². The number of hydrogen-bond donors (Lipinski definition) is 1. The number of nitrogens with one attached hydrogen (secondary N) is 1. The molecule has 4 heterocycles. The van der Waals surface area contributed by atoms with Crippen LogP contribution in [0.1, 0.15) is 61.1 Å². The van der Waals surface area contributed by atoms with Crippen LogP contribution >= 0.6 is 0 Å². The Morgan fingerprint density at radius 1 is 1.22 bits per heavy atom. The predicted molar refractivity (Wildman–Crippen MR) is 117 cm³/mol. The van der Waals surface area contributed by atoms with Crippen molar-refractivity contribution in [2.45, 2.75) is 64.7 Å². The molecule has 166 valence electrons. The van der Waals surface area contributed by atoms with E-state index in [0.29, 0.717) is 16.9 Å². The van der Waals surface area contributed by atoms with Gasteiger partial charge in [-0.3, -0.25) is 19.4 Å². The molecule has 1 aliphatic carbocycles. The zero-order valence-corrected chi connectivity index (χ0v) is 18.5. The van der Waals surface area contributed by atoms with Crippen LogP contribution in [0.3, 0.4) is 0 Å². The summed E-state index contributed by atoms with van der Waals surface area (Å²) in [5, 5.41) is 7.41. The number of rotatable bonds is 5. The fraction of sp³-hybridized carbons (Fsp3) is 0.435. The van der Waals surface area contributed by atoms with Gasteiger partial charge < -0.3 is 14.8 Å². The van der Waals surface area contributed by atoms with Crippen LogP contribution in [0.25, 0.3) is 5.65 Å². The number of carbonyl (C=O) groups is 2. The van der Waals surface area contributed by atoms with Gasteiger partial charge in [-0.15, -0.1) is 0 Å². The maximum atomic E-state index is 13.3. The smallest absolute Gasteiger partial charge is 0.280 e. The van der Waals surface area contributed by atoms with E-state index in [1.807, 2.05) is 39.0 Å². The van der Waals surface area contributed by atoms with Crippen LogP contribution in [0.5, 0.6) is 0 Å². The third-order valence-corrected chi connectivity index (χ3v) is 6.02. The quantitative estimate of drug-likeness (QED) is 0.658. The van der Waals surface area contributed by atoms with Gasteiger partial charge in [-0.25, -0.2) is 0 Å². The monoisotopic (exact) mass is 434 g/mol. The minimum absolute atomic E-state index is 0.0849. The Morgan fingerprint density at radius 3 is 2.66 bits per heavy atom. The van der Waals surface area contributed by atoms with Gasteiger partial charge >= 0.3 is 0 Å². The molecule has 9 heteroatoms. The Morgan fingerprint density at radius 2 is 2.00 bits per heavy atom. The average Bonchev–Trinajstić information content (AvgIpc) is 3.38. The highest BCUT2D eigenvalue weighted by molar-refractivity contribution is 5.98. The maximum Gasteiger partial charge on any atom is 0.280 e. The third-order valence-electron chi connectivity index (χ3n) is 6.02. The number of pyridine rings is 1. The Kier molecular flexibility index (Phi) is 4.65. The first-order chi connectivity index (χ1) is 15.2. The molecular formula is C23H26N6O3. The van der Waals surface area contributed by atoms with E-state index in [1.54, 1.807) is 21.7 Å². The molecule has 5 rings (SSSR count). The predicted octanol–water partition coefficient (Wildman–Crippen LogP) is 1.62. The van der Waals surface area contributed by atoms with Crippen molar-refractivity contribution in [1.82, 2.24) is 29.4 Å². The summed E-state index contributed by atoms with van der Waals surface area (Å²) in [5.74, 6) is -0.447. The molecule has 3 aromatic rings. The topological polar surface area (TPSA) is 102 Å². The van der Waals surface area contributed by atoms with Gasteiger partial charge in [0.2, 0.25) is 5.91 Å². The van der Waals surface area contributed by atoms with Crippen LogP contribution in [-0.4, -0.2) is 41.9 Å². The summed E-state index contributed by atoms with van der Waals surface area (Å²) in [7, 11) is 0. The van der Waals surface area contributed by atoms with Gasteiger partial charge in [-0.2, -0.15) is 9.61 Å². The normalized spacial score (nSPS) is 16.0. The molecule has 0 aromatic carbocycles. The number of fused-ring (bicyclic) bond motifs is 2. The third kappa shape index (κ3) is 3.47. The number of amides is 2. The van der Waals surface area contributed by atoms with Crippen molar-refractivity contribution in [2.75, 3.05) is 0 Å². The van der Waals surface area contributed by atoms with Crippen molar-refractivity contribution >= 4 is 17.5 Å². The second kappa shape index (κ2) is 7.29. The molecule has 2 aliphatic rings. The van der Waals surface area contributed by atoms with Crippen LogP contribution < -0.4 is 10.9 Å². The van der Waals surface area contributed by atoms with E-state index in [-0.39, 0.29) is 48.5 Å². The summed E-state index contributed by atoms with van der Waals surface area (Å²) in [4.78, 5) is 45.3. The van der Waals surface area contributed by atoms with Gasteiger partial charge in [0.25, 0.3) is 11.5 Å². The molecular weight excluding hydrogens is 408 g/mol. The molecule has 0 radical (unpaired) electrons. The van der Waals surface area contributed by atoms with Gasteiger partial charge in [0.1, 0.15) is 17.9 Å². The summed E-state index contributed by atoms with van der Waals surface area (Å²) in [6.45, 7) is 6.50. The lowest BCUT2D eigenvalue weighted by Gasteiger charge is -2.15. The Hall–Kier alpha value is -3.49. The fourth-order valence-electron chi connectivity index (χ4n) is 4.08. The van der Waals surface area contributed by atoms with Gasteiger partial charge in [0, 0.05) is 23.7 Å². The number of nitrogens with zero attached hydrogens (tertiary/aromatic N) is 5. The molecule has 2 amide bonds. The molecule has 0 saturated heterocycles. The van der Waals surface area contributed by atoms with Crippen LogP contribution in [0, 0.1) is 0 Å². The van der Waals surface area contributed by atoms with Crippen molar-refractivity contribution in [1.29, 1.82) is 0 Å². The first kappa shape index (κ1) is 20.4. The lowest BCUT2D eigenvalue weighted by atomic mass is 9.93. The SMILES string of the molecule is CC(C)(C)c1cc2n(CC(=O)NCc3ccccn3)c3c(c(=O)n2n1)CN(C1CC1)C3=O. The summed E-state index contributed by atoms with van der Waals surface area (Å²) in [6.07, 6.45) is 3.57. The van der Waals surface area contributed by atoms with Gasteiger partial charge in [-0.1, -0.05) is 26.8 Å². The summed E-state index contributed by atoms with van der Waals surface area (Å²) in [5.41, 5.74) is 2.08. The summed E-state index contributed by atoms with van der Waals surface area (Å²) in [6, 6.07) is 7.49. The molecule has 32 heavy (non-hydrogen) atoms. The molecule has 9 nitrogen and oxygen atoms in total.